The molecule has 3 nitrogen and oxygen atoms in total. The maximum absolute atomic E-state index is 11.6. The summed E-state index contributed by atoms with van der Waals surface area (Å²) >= 11 is 0. The van der Waals surface area contributed by atoms with Crippen molar-refractivity contribution in [2.24, 2.45) is 11.7 Å². The topological polar surface area (TPSA) is 63.3 Å². The first-order valence-corrected chi connectivity index (χ1v) is 3.14. The van der Waals surface area contributed by atoms with Crippen LogP contribution < -0.4 is 5.73 Å². The monoisotopic (exact) mass is 149 g/mol. The van der Waals surface area contributed by atoms with E-state index < -0.39 is 18.7 Å². The van der Waals surface area contributed by atoms with Crippen molar-refractivity contribution in [3.63, 3.8) is 0 Å². The van der Waals surface area contributed by atoms with E-state index in [2.05, 4.69) is 0 Å². The third-order valence-corrected chi connectivity index (χ3v) is 1.46. The van der Waals surface area contributed by atoms with Crippen LogP contribution in [0.15, 0.2) is 0 Å². The maximum Gasteiger partial charge on any atom is 0.320 e. The molecule has 0 saturated heterocycles. The molecule has 10 heavy (non-hydrogen) atoms. The lowest BCUT2D eigenvalue weighted by molar-refractivity contribution is -0.139. The van der Waals surface area contributed by atoms with E-state index in [1.54, 1.807) is 6.92 Å². The zero-order valence-electron chi connectivity index (χ0n) is 5.88. The molecular formula is C6H12FNO2. The number of rotatable bonds is 4. The Hall–Kier alpha value is -0.640. The summed E-state index contributed by atoms with van der Waals surface area (Å²) in [4.78, 5) is 10.2. The van der Waals surface area contributed by atoms with Gasteiger partial charge in [0.15, 0.2) is 0 Å². The smallest absolute Gasteiger partial charge is 0.320 e. The summed E-state index contributed by atoms with van der Waals surface area (Å²) in [5.74, 6) is -1.36. The first-order valence-electron chi connectivity index (χ1n) is 3.14. The van der Waals surface area contributed by atoms with Crippen LogP contribution in [0, 0.1) is 5.92 Å². The molecule has 2 atom stereocenters. The average molecular weight is 149 g/mol. The third kappa shape index (κ3) is 2.77. The highest BCUT2D eigenvalue weighted by Gasteiger charge is 2.18. The van der Waals surface area contributed by atoms with Crippen LogP contribution in [0.5, 0.6) is 0 Å². The van der Waals surface area contributed by atoms with Crippen LogP contribution in [0.4, 0.5) is 4.39 Å². The van der Waals surface area contributed by atoms with Gasteiger partial charge >= 0.3 is 5.97 Å². The van der Waals surface area contributed by atoms with Crippen molar-refractivity contribution >= 4 is 5.97 Å². The molecule has 0 aliphatic carbocycles. The summed E-state index contributed by atoms with van der Waals surface area (Å²) in [5.41, 5.74) is 5.18. The number of alkyl halides is 1. The molecule has 0 amide bonds. The molecule has 0 rings (SSSR count). The van der Waals surface area contributed by atoms with E-state index >= 15 is 0 Å². The molecule has 4 heteroatoms. The van der Waals surface area contributed by atoms with Crippen molar-refractivity contribution in [1.82, 2.24) is 0 Å². The molecule has 3 N–H and O–H groups in total. The van der Waals surface area contributed by atoms with E-state index in [9.17, 15) is 9.18 Å². The summed E-state index contributed by atoms with van der Waals surface area (Å²) in [6.45, 7) is 1.11. The summed E-state index contributed by atoms with van der Waals surface area (Å²) in [6.07, 6.45) is 0.216. The van der Waals surface area contributed by atoms with Crippen molar-refractivity contribution in [3.05, 3.63) is 0 Å². The minimum Gasteiger partial charge on any atom is -0.480 e. The molecule has 1 unspecified atom stereocenters. The van der Waals surface area contributed by atoms with Gasteiger partial charge in [-0.05, 0) is 12.3 Å². The summed E-state index contributed by atoms with van der Waals surface area (Å²) in [7, 11) is 0. The number of carbonyl (C=O) groups is 1. The highest BCUT2D eigenvalue weighted by Crippen LogP contribution is 2.05. The average Bonchev–Trinajstić information content (AvgIpc) is 1.87. The minimum atomic E-state index is -1.07. The number of halogens is 1. The Morgan fingerprint density at radius 3 is 2.60 bits per heavy atom. The van der Waals surface area contributed by atoms with Gasteiger partial charge in [-0.2, -0.15) is 0 Å². The van der Waals surface area contributed by atoms with Crippen LogP contribution in [-0.2, 0) is 4.79 Å². The van der Waals surface area contributed by atoms with E-state index in [-0.39, 0.29) is 12.3 Å². The Balaban J connectivity index is 3.69. The molecular weight excluding hydrogens is 137 g/mol. The zero-order chi connectivity index (χ0) is 8.15. The lowest BCUT2D eigenvalue weighted by atomic mass is 10.0. The Morgan fingerprint density at radius 2 is 2.30 bits per heavy atom. The van der Waals surface area contributed by atoms with E-state index in [0.29, 0.717) is 0 Å². The number of hydrogen-bond donors (Lipinski definition) is 2. The Bertz CT molecular complexity index is 118. The molecule has 0 radical (unpaired) electrons. The van der Waals surface area contributed by atoms with Gasteiger partial charge < -0.3 is 10.8 Å². The number of nitrogens with two attached hydrogens (primary N) is 1. The fourth-order valence-electron chi connectivity index (χ4n) is 0.595. The van der Waals surface area contributed by atoms with Crippen LogP contribution in [0.25, 0.3) is 0 Å². The largest absolute Gasteiger partial charge is 0.480 e. The molecule has 0 aliphatic rings. The molecule has 0 aromatic heterocycles. The molecule has 0 spiro atoms. The summed E-state index contributed by atoms with van der Waals surface area (Å²) in [5, 5.41) is 8.33. The van der Waals surface area contributed by atoms with Crippen molar-refractivity contribution < 1.29 is 14.3 Å². The Morgan fingerprint density at radius 1 is 1.80 bits per heavy atom. The molecule has 0 heterocycles. The highest BCUT2D eigenvalue weighted by atomic mass is 19.1. The normalized spacial score (nSPS) is 16.3. The van der Waals surface area contributed by atoms with E-state index in [0.717, 1.165) is 0 Å². The Kier molecular flexibility index (Phi) is 3.95. The van der Waals surface area contributed by atoms with Gasteiger partial charge in [0.25, 0.3) is 0 Å². The van der Waals surface area contributed by atoms with Crippen LogP contribution in [0.2, 0.25) is 0 Å². The zero-order valence-corrected chi connectivity index (χ0v) is 5.88. The number of carboxylic acid groups (broad SMARTS) is 1. The first kappa shape index (κ1) is 9.36. The second kappa shape index (κ2) is 4.22. The lowest BCUT2D eigenvalue weighted by Crippen LogP contribution is -2.36. The van der Waals surface area contributed by atoms with Gasteiger partial charge in [-0.25, -0.2) is 0 Å². The van der Waals surface area contributed by atoms with E-state index in [1.807, 2.05) is 0 Å². The van der Waals surface area contributed by atoms with Crippen molar-refractivity contribution in [2.45, 2.75) is 19.4 Å². The molecule has 0 aromatic rings. The molecule has 0 bridgehead atoms. The predicted molar refractivity (Wildman–Crippen MR) is 35.4 cm³/mol. The van der Waals surface area contributed by atoms with Crippen molar-refractivity contribution in [1.29, 1.82) is 0 Å². The van der Waals surface area contributed by atoms with E-state index in [4.69, 9.17) is 10.8 Å². The Labute approximate surface area is 59.0 Å². The third-order valence-electron chi connectivity index (χ3n) is 1.46. The fraction of sp³-hybridized carbons (Fsp3) is 0.833. The quantitative estimate of drug-likeness (QED) is 0.608. The van der Waals surface area contributed by atoms with Gasteiger partial charge in [0.2, 0.25) is 0 Å². The standard InChI is InChI=1S/C6H12FNO2/c1-4(2-3-7)5(8)6(9)10/h4-5H,2-3,8H2,1H3,(H,9,10)/t4?,5-/m0/s1. The molecule has 60 valence electrons. The van der Waals surface area contributed by atoms with Gasteiger partial charge in [0.05, 0.1) is 6.67 Å². The predicted octanol–water partition coefficient (Wildman–Crippen LogP) is 0.394. The lowest BCUT2D eigenvalue weighted by Gasteiger charge is -2.12. The highest BCUT2D eigenvalue weighted by molar-refractivity contribution is 5.73. The maximum atomic E-state index is 11.6. The molecule has 0 aromatic carbocycles. The second-order valence-corrected chi connectivity index (χ2v) is 2.32. The number of carboxylic acids is 1. The van der Waals surface area contributed by atoms with E-state index in [1.165, 1.54) is 0 Å². The molecule has 0 saturated carbocycles. The van der Waals surface area contributed by atoms with Crippen LogP contribution in [-0.4, -0.2) is 23.8 Å². The van der Waals surface area contributed by atoms with Gasteiger partial charge in [0, 0.05) is 0 Å². The number of aliphatic carboxylic acids is 1. The number of hydrogen-bond acceptors (Lipinski definition) is 2. The van der Waals surface area contributed by atoms with Crippen molar-refractivity contribution in [3.8, 4) is 0 Å². The fourth-order valence-corrected chi connectivity index (χ4v) is 0.595. The van der Waals surface area contributed by atoms with Crippen molar-refractivity contribution in [2.75, 3.05) is 6.67 Å². The van der Waals surface area contributed by atoms with Crippen LogP contribution >= 0.6 is 0 Å². The minimum absolute atomic E-state index is 0.216. The molecule has 0 fully saturated rings. The first-order chi connectivity index (χ1) is 4.59. The summed E-state index contributed by atoms with van der Waals surface area (Å²) in [6, 6.07) is -0.934. The second-order valence-electron chi connectivity index (χ2n) is 2.32. The SMILES string of the molecule is CC(CCF)[C@H](N)C(=O)O. The van der Waals surface area contributed by atoms with Gasteiger partial charge in [-0.15, -0.1) is 0 Å². The van der Waals surface area contributed by atoms with Gasteiger partial charge in [0.1, 0.15) is 6.04 Å². The van der Waals surface area contributed by atoms with Gasteiger partial charge in [-0.3, -0.25) is 9.18 Å². The van der Waals surface area contributed by atoms with Crippen LogP contribution in [0.1, 0.15) is 13.3 Å². The van der Waals surface area contributed by atoms with Gasteiger partial charge in [-0.1, -0.05) is 6.92 Å². The van der Waals surface area contributed by atoms with Crippen LogP contribution in [0.3, 0.4) is 0 Å². The molecule has 0 aliphatic heterocycles. The summed E-state index contributed by atoms with van der Waals surface area (Å²) < 4.78 is 11.6.